The Morgan fingerprint density at radius 1 is 0.950 bits per heavy atom. The Bertz CT molecular complexity index is 842. The van der Waals surface area contributed by atoms with Gasteiger partial charge in [-0.1, -0.05) is 18.2 Å². The predicted octanol–water partition coefficient (Wildman–Crippen LogP) is 3.31. The monoisotopic (exact) mass is 264 g/mol. The van der Waals surface area contributed by atoms with Crippen LogP contribution in [0, 0.1) is 20.8 Å². The molecule has 1 heterocycles. The highest BCUT2D eigenvalue weighted by Gasteiger charge is 2.09. The molecule has 2 aromatic carbocycles. The Labute approximate surface area is 117 Å². The molecule has 20 heavy (non-hydrogen) atoms. The van der Waals surface area contributed by atoms with Gasteiger partial charge >= 0.3 is 0 Å². The summed E-state index contributed by atoms with van der Waals surface area (Å²) in [6.07, 6.45) is 0. The molecule has 3 aromatic rings. The van der Waals surface area contributed by atoms with Gasteiger partial charge in [0.2, 0.25) is 0 Å². The molecule has 0 aliphatic carbocycles. The molecule has 0 amide bonds. The summed E-state index contributed by atoms with van der Waals surface area (Å²) in [6.45, 7) is 5.93. The van der Waals surface area contributed by atoms with Crippen LogP contribution < -0.4 is 5.56 Å². The summed E-state index contributed by atoms with van der Waals surface area (Å²) < 4.78 is 1.68. The number of para-hydroxylation sites is 1. The van der Waals surface area contributed by atoms with Crippen molar-refractivity contribution in [2.24, 2.45) is 0 Å². The van der Waals surface area contributed by atoms with Crippen LogP contribution in [-0.4, -0.2) is 9.55 Å². The van der Waals surface area contributed by atoms with Gasteiger partial charge in [-0.15, -0.1) is 0 Å². The van der Waals surface area contributed by atoms with E-state index in [1.54, 1.807) is 4.57 Å². The Morgan fingerprint density at radius 2 is 1.60 bits per heavy atom. The van der Waals surface area contributed by atoms with E-state index in [0.29, 0.717) is 11.2 Å². The maximum atomic E-state index is 12.7. The Kier molecular flexibility index (Phi) is 2.90. The molecule has 0 aliphatic heterocycles. The highest BCUT2D eigenvalue weighted by atomic mass is 16.1. The zero-order chi connectivity index (χ0) is 14.3. The van der Waals surface area contributed by atoms with Crippen molar-refractivity contribution in [3.05, 3.63) is 69.8 Å². The van der Waals surface area contributed by atoms with E-state index in [4.69, 9.17) is 0 Å². The summed E-state index contributed by atoms with van der Waals surface area (Å²) in [7, 11) is 0. The number of fused-ring (bicyclic) bond motifs is 1. The second kappa shape index (κ2) is 4.60. The number of benzene rings is 2. The highest BCUT2D eigenvalue weighted by molar-refractivity contribution is 5.77. The van der Waals surface area contributed by atoms with Gasteiger partial charge in [-0.2, -0.15) is 0 Å². The normalized spacial score (nSPS) is 10.9. The second-order valence-corrected chi connectivity index (χ2v) is 5.16. The maximum absolute atomic E-state index is 12.7. The van der Waals surface area contributed by atoms with Crippen LogP contribution in [0.15, 0.2) is 47.3 Å². The van der Waals surface area contributed by atoms with Crippen molar-refractivity contribution in [2.75, 3.05) is 0 Å². The van der Waals surface area contributed by atoms with E-state index in [-0.39, 0.29) is 5.56 Å². The molecule has 0 radical (unpaired) electrons. The number of rotatable bonds is 1. The van der Waals surface area contributed by atoms with Crippen LogP contribution in [0.1, 0.15) is 17.0 Å². The van der Waals surface area contributed by atoms with Crippen molar-refractivity contribution in [3.63, 3.8) is 0 Å². The van der Waals surface area contributed by atoms with Crippen LogP contribution in [-0.2, 0) is 0 Å². The predicted molar refractivity (Wildman–Crippen MR) is 81.6 cm³/mol. The van der Waals surface area contributed by atoms with Crippen molar-refractivity contribution < 1.29 is 0 Å². The molecule has 0 fully saturated rings. The zero-order valence-electron chi connectivity index (χ0n) is 11.8. The first-order chi connectivity index (χ1) is 9.56. The fourth-order valence-electron chi connectivity index (χ4n) is 2.63. The number of hydrogen-bond acceptors (Lipinski definition) is 2. The van der Waals surface area contributed by atoms with Crippen LogP contribution >= 0.6 is 0 Å². The lowest BCUT2D eigenvalue weighted by atomic mass is 10.1. The van der Waals surface area contributed by atoms with Gasteiger partial charge in [0.15, 0.2) is 0 Å². The first kappa shape index (κ1) is 12.6. The number of nitrogens with zero attached hydrogens (tertiary/aromatic N) is 2. The van der Waals surface area contributed by atoms with Crippen molar-refractivity contribution in [1.82, 2.24) is 9.55 Å². The summed E-state index contributed by atoms with van der Waals surface area (Å²) in [4.78, 5) is 17.2. The lowest BCUT2D eigenvalue weighted by molar-refractivity contribution is 0.892. The molecule has 0 spiro atoms. The van der Waals surface area contributed by atoms with Gasteiger partial charge in [0.25, 0.3) is 5.56 Å². The molecule has 0 unspecified atom stereocenters. The summed E-state index contributed by atoms with van der Waals surface area (Å²) in [6, 6.07) is 13.6. The van der Waals surface area contributed by atoms with Crippen molar-refractivity contribution in [2.45, 2.75) is 20.8 Å². The third-order valence-corrected chi connectivity index (χ3v) is 3.41. The summed E-state index contributed by atoms with van der Waals surface area (Å²) in [5.41, 5.74) is 3.89. The SMILES string of the molecule is Cc1cc(C)cc(-n2c(C)nc3ccccc3c2=O)c1. The van der Waals surface area contributed by atoms with Crippen LogP contribution in [0.5, 0.6) is 0 Å². The van der Waals surface area contributed by atoms with Gasteiger partial charge < -0.3 is 0 Å². The molecule has 0 N–H and O–H groups in total. The average Bonchev–Trinajstić information content (AvgIpc) is 2.37. The molecule has 100 valence electrons. The van der Waals surface area contributed by atoms with E-state index in [1.165, 1.54) is 0 Å². The quantitative estimate of drug-likeness (QED) is 0.676. The van der Waals surface area contributed by atoms with E-state index >= 15 is 0 Å². The number of aromatic nitrogens is 2. The van der Waals surface area contributed by atoms with Gasteiger partial charge in [-0.3, -0.25) is 9.36 Å². The van der Waals surface area contributed by atoms with Crippen LogP contribution in [0.4, 0.5) is 0 Å². The largest absolute Gasteiger partial charge is 0.268 e. The summed E-state index contributed by atoms with van der Waals surface area (Å²) >= 11 is 0. The first-order valence-electron chi connectivity index (χ1n) is 6.63. The third-order valence-electron chi connectivity index (χ3n) is 3.41. The van der Waals surface area contributed by atoms with E-state index in [0.717, 1.165) is 22.3 Å². The maximum Gasteiger partial charge on any atom is 0.265 e. The topological polar surface area (TPSA) is 34.9 Å². The highest BCUT2D eigenvalue weighted by Crippen LogP contribution is 2.15. The van der Waals surface area contributed by atoms with Gasteiger partial charge in [-0.25, -0.2) is 4.98 Å². The van der Waals surface area contributed by atoms with E-state index < -0.39 is 0 Å². The smallest absolute Gasteiger partial charge is 0.265 e. The molecular weight excluding hydrogens is 248 g/mol. The Balaban J connectivity index is 2.39. The molecule has 3 heteroatoms. The fourth-order valence-corrected chi connectivity index (χ4v) is 2.63. The fraction of sp³-hybridized carbons (Fsp3) is 0.176. The molecule has 0 saturated heterocycles. The molecule has 1 aromatic heterocycles. The minimum Gasteiger partial charge on any atom is -0.268 e. The van der Waals surface area contributed by atoms with Gasteiger partial charge in [0.05, 0.1) is 16.6 Å². The molecule has 3 rings (SSSR count). The van der Waals surface area contributed by atoms with Crippen molar-refractivity contribution >= 4 is 10.9 Å². The zero-order valence-corrected chi connectivity index (χ0v) is 11.8. The van der Waals surface area contributed by atoms with Crippen LogP contribution in [0.2, 0.25) is 0 Å². The third kappa shape index (κ3) is 2.01. The molecule has 0 atom stereocenters. The van der Waals surface area contributed by atoms with Crippen LogP contribution in [0.25, 0.3) is 16.6 Å². The molecule has 3 nitrogen and oxygen atoms in total. The van der Waals surface area contributed by atoms with Gasteiger partial charge in [0, 0.05) is 0 Å². The van der Waals surface area contributed by atoms with Gasteiger partial charge in [-0.05, 0) is 56.2 Å². The standard InChI is InChI=1S/C17H16N2O/c1-11-8-12(2)10-14(9-11)19-13(3)18-16-7-5-4-6-15(16)17(19)20/h4-10H,1-3H3. The minimum atomic E-state index is -0.0156. The van der Waals surface area contributed by atoms with Crippen LogP contribution in [0.3, 0.4) is 0 Å². The van der Waals surface area contributed by atoms with E-state index in [2.05, 4.69) is 11.1 Å². The molecule has 0 aliphatic rings. The summed E-state index contributed by atoms with van der Waals surface area (Å²) in [5, 5.41) is 0.650. The van der Waals surface area contributed by atoms with Crippen molar-refractivity contribution in [3.8, 4) is 5.69 Å². The van der Waals surface area contributed by atoms with E-state index in [9.17, 15) is 4.79 Å². The lowest BCUT2D eigenvalue weighted by Gasteiger charge is -2.12. The lowest BCUT2D eigenvalue weighted by Crippen LogP contribution is -2.22. The average molecular weight is 264 g/mol. The summed E-state index contributed by atoms with van der Waals surface area (Å²) in [5.74, 6) is 0.707. The molecule has 0 saturated carbocycles. The second-order valence-electron chi connectivity index (χ2n) is 5.16. The number of hydrogen-bond donors (Lipinski definition) is 0. The molecule has 0 bridgehead atoms. The Morgan fingerprint density at radius 3 is 2.30 bits per heavy atom. The Hall–Kier alpha value is -2.42. The number of aryl methyl sites for hydroxylation is 3. The van der Waals surface area contributed by atoms with Crippen molar-refractivity contribution in [1.29, 1.82) is 0 Å². The van der Waals surface area contributed by atoms with Gasteiger partial charge in [0.1, 0.15) is 5.82 Å². The first-order valence-corrected chi connectivity index (χ1v) is 6.63. The minimum absolute atomic E-state index is 0.0156. The van der Waals surface area contributed by atoms with E-state index in [1.807, 2.05) is 57.2 Å². The molecular formula is C17H16N2O.